The van der Waals surface area contributed by atoms with Crippen molar-refractivity contribution in [2.24, 2.45) is 0 Å². The highest BCUT2D eigenvalue weighted by Crippen LogP contribution is 2.18. The Kier molecular flexibility index (Phi) is 5.53. The number of quaternary nitrogens is 1. The van der Waals surface area contributed by atoms with E-state index in [-0.39, 0.29) is 35.5 Å². The molecule has 8 nitrogen and oxygen atoms in total. The predicted octanol–water partition coefficient (Wildman–Crippen LogP) is 1.35. The average molecular weight is 347 g/mol. The van der Waals surface area contributed by atoms with Crippen LogP contribution in [0.25, 0.3) is 5.69 Å². The van der Waals surface area contributed by atoms with Gasteiger partial charge in [0.15, 0.2) is 0 Å². The number of nitro groups is 1. The van der Waals surface area contributed by atoms with Gasteiger partial charge in [-0.15, -0.1) is 0 Å². The summed E-state index contributed by atoms with van der Waals surface area (Å²) >= 11 is 0. The van der Waals surface area contributed by atoms with Gasteiger partial charge in [-0.1, -0.05) is 13.8 Å². The van der Waals surface area contributed by atoms with Crippen molar-refractivity contribution in [3.05, 3.63) is 56.0 Å². The number of H-pyrrole nitrogens is 1. The molecule has 0 aliphatic heterocycles. The van der Waals surface area contributed by atoms with Crippen LogP contribution < -0.4 is 10.9 Å². The number of carbonyl (C=O) groups excluding carboxylic acids is 1. The zero-order valence-corrected chi connectivity index (χ0v) is 14.8. The van der Waals surface area contributed by atoms with Crippen LogP contribution >= 0.6 is 0 Å². The number of hydrogen-bond acceptors (Lipinski definition) is 4. The van der Waals surface area contributed by atoms with Crippen LogP contribution in [0.2, 0.25) is 0 Å². The van der Waals surface area contributed by atoms with Crippen molar-refractivity contribution in [2.45, 2.75) is 39.7 Å². The predicted molar refractivity (Wildman–Crippen MR) is 93.4 cm³/mol. The van der Waals surface area contributed by atoms with E-state index in [1.54, 1.807) is 0 Å². The molecule has 2 rings (SSSR count). The molecular formula is C17H23N4O4+. The molecule has 0 saturated heterocycles. The number of nitro benzene ring substituents is 1. The fourth-order valence-electron chi connectivity index (χ4n) is 2.49. The normalized spacial score (nSPS) is 11.3. The molecule has 1 aromatic heterocycles. The molecule has 0 radical (unpaired) electrons. The summed E-state index contributed by atoms with van der Waals surface area (Å²) in [7, 11) is 0. The Morgan fingerprint density at radius 2 is 1.84 bits per heavy atom. The quantitative estimate of drug-likeness (QED) is 0.447. The molecule has 0 spiro atoms. The Bertz CT molecular complexity index is 831. The van der Waals surface area contributed by atoms with Crippen LogP contribution in [-0.2, 0) is 0 Å². The first-order valence-corrected chi connectivity index (χ1v) is 8.18. The molecule has 8 heteroatoms. The number of nitrogens with two attached hydrogens (primary N) is 1. The van der Waals surface area contributed by atoms with Gasteiger partial charge in [-0.2, -0.15) is 0 Å². The van der Waals surface area contributed by atoms with Gasteiger partial charge in [-0.25, -0.2) is 4.68 Å². The van der Waals surface area contributed by atoms with Crippen LogP contribution in [0.4, 0.5) is 5.69 Å². The largest absolute Gasteiger partial charge is 0.338 e. The van der Waals surface area contributed by atoms with Crippen molar-refractivity contribution in [1.29, 1.82) is 0 Å². The Morgan fingerprint density at radius 3 is 2.32 bits per heavy atom. The highest BCUT2D eigenvalue weighted by Gasteiger charge is 2.24. The van der Waals surface area contributed by atoms with E-state index in [0.717, 1.165) is 0 Å². The first-order valence-electron chi connectivity index (χ1n) is 8.18. The second-order valence-electron chi connectivity index (χ2n) is 6.58. The third-order valence-corrected chi connectivity index (χ3v) is 3.87. The lowest BCUT2D eigenvalue weighted by Crippen LogP contribution is -2.90. The van der Waals surface area contributed by atoms with Gasteiger partial charge in [-0.3, -0.25) is 24.8 Å². The lowest BCUT2D eigenvalue weighted by molar-refractivity contribution is -0.671. The maximum Gasteiger partial charge on any atom is 0.282 e. The third kappa shape index (κ3) is 4.03. The van der Waals surface area contributed by atoms with Gasteiger partial charge >= 0.3 is 0 Å². The Balaban J connectivity index is 2.47. The molecule has 2 aromatic rings. The maximum atomic E-state index is 12.8. The van der Waals surface area contributed by atoms with Gasteiger partial charge in [0.25, 0.3) is 11.2 Å². The minimum absolute atomic E-state index is 0.0370. The molecule has 1 aromatic carbocycles. The monoisotopic (exact) mass is 347 g/mol. The lowest BCUT2D eigenvalue weighted by Gasteiger charge is -2.06. The summed E-state index contributed by atoms with van der Waals surface area (Å²) in [5, 5.41) is 15.6. The second-order valence-corrected chi connectivity index (χ2v) is 6.58. The summed E-state index contributed by atoms with van der Waals surface area (Å²) in [4.78, 5) is 35.6. The van der Waals surface area contributed by atoms with Crippen molar-refractivity contribution < 1.29 is 15.0 Å². The number of carbonyl (C=O) groups is 1. The minimum Gasteiger partial charge on any atom is -0.338 e. The number of non-ortho nitro benzene ring substituents is 1. The summed E-state index contributed by atoms with van der Waals surface area (Å²) in [6, 6.07) is 5.86. The van der Waals surface area contributed by atoms with Gasteiger partial charge in [-0.05, 0) is 31.9 Å². The lowest BCUT2D eigenvalue weighted by atomic mass is 10.0. The van der Waals surface area contributed by atoms with Gasteiger partial charge in [0, 0.05) is 12.1 Å². The number of nitrogens with zero attached hydrogens (tertiary/aromatic N) is 2. The van der Waals surface area contributed by atoms with E-state index in [0.29, 0.717) is 11.4 Å². The molecule has 0 bridgehead atoms. The van der Waals surface area contributed by atoms with Gasteiger partial charge in [0.05, 0.1) is 22.3 Å². The Morgan fingerprint density at radius 1 is 1.24 bits per heavy atom. The summed E-state index contributed by atoms with van der Waals surface area (Å²) in [6.45, 7) is 7.94. The molecule has 0 aliphatic carbocycles. The van der Waals surface area contributed by atoms with E-state index in [1.807, 2.05) is 33.0 Å². The van der Waals surface area contributed by atoms with E-state index < -0.39 is 10.5 Å². The van der Waals surface area contributed by atoms with E-state index in [9.17, 15) is 19.7 Å². The van der Waals surface area contributed by atoms with Gasteiger partial charge in [0.2, 0.25) is 5.78 Å². The second kappa shape index (κ2) is 7.43. The number of nitrogens with one attached hydrogen (secondary N) is 1. The molecule has 25 heavy (non-hydrogen) atoms. The molecule has 3 N–H and O–H groups in total. The third-order valence-electron chi connectivity index (χ3n) is 3.87. The van der Waals surface area contributed by atoms with Crippen molar-refractivity contribution in [1.82, 2.24) is 9.78 Å². The molecule has 0 atom stereocenters. The number of hydrogen-bond donors (Lipinski definition) is 2. The SMILES string of the molecule is CC(C)[NH2+]CC(=O)c1c(C(C)C)[nH]n(-c2ccc([N+](=O)[O-])cc2)c1=O. The molecule has 0 fully saturated rings. The molecule has 0 aliphatic rings. The summed E-state index contributed by atoms with van der Waals surface area (Å²) < 4.78 is 1.27. The number of ketones is 1. The number of Topliss-reactive ketones (excluding diaryl/α,β-unsaturated/α-hetero) is 1. The van der Waals surface area contributed by atoms with Crippen LogP contribution in [0.15, 0.2) is 29.1 Å². The van der Waals surface area contributed by atoms with Crippen molar-refractivity contribution >= 4 is 11.5 Å². The molecular weight excluding hydrogens is 324 g/mol. The van der Waals surface area contributed by atoms with Crippen LogP contribution in [0.5, 0.6) is 0 Å². The first-order chi connectivity index (χ1) is 11.7. The molecule has 0 unspecified atom stereocenters. The van der Waals surface area contributed by atoms with E-state index in [1.165, 1.54) is 28.9 Å². The Hall–Kier alpha value is -2.74. The van der Waals surface area contributed by atoms with Crippen LogP contribution in [0.3, 0.4) is 0 Å². The molecule has 0 amide bonds. The average Bonchev–Trinajstić information content (AvgIpc) is 2.90. The highest BCUT2D eigenvalue weighted by molar-refractivity contribution is 5.97. The molecule has 1 heterocycles. The number of benzene rings is 1. The fourth-order valence-corrected chi connectivity index (χ4v) is 2.49. The van der Waals surface area contributed by atoms with E-state index in [2.05, 4.69) is 5.10 Å². The summed E-state index contributed by atoms with van der Waals surface area (Å²) in [5.74, 6) is -0.260. The topological polar surface area (TPSA) is 115 Å². The van der Waals surface area contributed by atoms with E-state index in [4.69, 9.17) is 0 Å². The zero-order chi connectivity index (χ0) is 18.7. The van der Waals surface area contributed by atoms with Gasteiger partial charge < -0.3 is 5.32 Å². The molecule has 0 saturated carbocycles. The van der Waals surface area contributed by atoms with Crippen molar-refractivity contribution in [3.8, 4) is 5.69 Å². The number of rotatable bonds is 7. The van der Waals surface area contributed by atoms with Crippen LogP contribution in [0.1, 0.15) is 49.7 Å². The maximum absolute atomic E-state index is 12.8. The van der Waals surface area contributed by atoms with Crippen LogP contribution in [-0.4, -0.2) is 33.1 Å². The fraction of sp³-hybridized carbons (Fsp3) is 0.412. The summed E-state index contributed by atoms with van der Waals surface area (Å²) in [6.07, 6.45) is 0. The number of aromatic nitrogens is 2. The van der Waals surface area contributed by atoms with Gasteiger partial charge in [0.1, 0.15) is 12.1 Å². The highest BCUT2D eigenvalue weighted by atomic mass is 16.6. The standard InChI is InChI=1S/C17H22N4O4/c1-10(2)16-15(14(22)9-18-11(3)4)17(23)20(19-16)12-5-7-13(8-6-12)21(24)25/h5-8,10-11,18-19H,9H2,1-4H3/p+1. The smallest absolute Gasteiger partial charge is 0.282 e. The molecule has 134 valence electrons. The minimum atomic E-state index is -0.502. The van der Waals surface area contributed by atoms with Crippen molar-refractivity contribution in [2.75, 3.05) is 6.54 Å². The number of aromatic amines is 1. The summed E-state index contributed by atoms with van der Waals surface area (Å²) in [5.41, 5.74) is 0.690. The zero-order valence-electron chi connectivity index (χ0n) is 14.8. The van der Waals surface area contributed by atoms with Crippen molar-refractivity contribution in [3.63, 3.8) is 0 Å². The van der Waals surface area contributed by atoms with Crippen LogP contribution in [0, 0.1) is 10.1 Å². The van der Waals surface area contributed by atoms with E-state index >= 15 is 0 Å². The first kappa shape index (κ1) is 18.6. The Labute approximate surface area is 145 Å².